The molecule has 0 unspecified atom stereocenters. The van der Waals surface area contributed by atoms with E-state index in [1.807, 2.05) is 12.5 Å². The van der Waals surface area contributed by atoms with Crippen LogP contribution in [-0.2, 0) is 24.4 Å². The summed E-state index contributed by atoms with van der Waals surface area (Å²) < 4.78 is 13.2. The number of methoxy groups -OCH3 is 1. The quantitative estimate of drug-likeness (QED) is 0.249. The minimum absolute atomic E-state index is 0.599. The Kier molecular flexibility index (Phi) is 9.79. The second-order valence-electron chi connectivity index (χ2n) is 7.91. The zero-order valence-electron chi connectivity index (χ0n) is 19.9. The highest BCUT2D eigenvalue weighted by Crippen LogP contribution is 2.20. The van der Waals surface area contributed by atoms with Gasteiger partial charge in [0.2, 0.25) is 0 Å². The Labute approximate surface area is 196 Å². The van der Waals surface area contributed by atoms with Gasteiger partial charge in [0.05, 0.1) is 19.5 Å². The van der Waals surface area contributed by atoms with E-state index in [-0.39, 0.29) is 0 Å². The number of benzene rings is 2. The van der Waals surface area contributed by atoms with Gasteiger partial charge in [-0.05, 0) is 36.6 Å². The smallest absolute Gasteiger partial charge is 0.191 e. The van der Waals surface area contributed by atoms with Crippen molar-refractivity contribution in [3.05, 3.63) is 83.4 Å². The number of aliphatic imine (C=N–C) groups is 1. The molecule has 0 saturated carbocycles. The first-order valence-electron chi connectivity index (χ1n) is 11.4. The number of nitrogens with one attached hydrogen (secondary N) is 2. The lowest BCUT2D eigenvalue weighted by atomic mass is 10.1. The SMILES string of the molecule is CCNC(=NCc1cccc(Cn2ccnc2)c1)NCc1ccc(C)cc1OCCCOC. The molecule has 0 aliphatic rings. The summed E-state index contributed by atoms with van der Waals surface area (Å²) in [5.41, 5.74) is 4.68. The molecule has 0 aliphatic heterocycles. The van der Waals surface area contributed by atoms with E-state index in [4.69, 9.17) is 14.5 Å². The third-order valence-electron chi connectivity index (χ3n) is 5.10. The standard InChI is InChI=1S/C26H35N5O2/c1-4-28-26(29-17-22-7-5-8-23(16-22)19-31-12-11-27-20-31)30-18-24-10-9-21(2)15-25(24)33-14-6-13-32-3/h5,7-12,15-16,20H,4,6,13-14,17-19H2,1-3H3,(H2,28,29,30). The van der Waals surface area contributed by atoms with Gasteiger partial charge in [-0.3, -0.25) is 0 Å². The first-order chi connectivity index (χ1) is 16.2. The van der Waals surface area contributed by atoms with Crippen LogP contribution in [0.15, 0.2) is 66.2 Å². The van der Waals surface area contributed by atoms with Crippen LogP contribution >= 0.6 is 0 Å². The lowest BCUT2D eigenvalue weighted by Crippen LogP contribution is -2.36. The molecule has 176 valence electrons. The highest BCUT2D eigenvalue weighted by molar-refractivity contribution is 5.79. The van der Waals surface area contributed by atoms with Crippen molar-refractivity contribution in [2.24, 2.45) is 4.99 Å². The predicted octanol–water partition coefficient (Wildman–Crippen LogP) is 3.91. The van der Waals surface area contributed by atoms with Gasteiger partial charge < -0.3 is 24.7 Å². The Morgan fingerprint density at radius 1 is 1.09 bits per heavy atom. The Morgan fingerprint density at radius 3 is 2.76 bits per heavy atom. The normalized spacial score (nSPS) is 11.4. The molecule has 1 heterocycles. The van der Waals surface area contributed by atoms with Crippen LogP contribution < -0.4 is 15.4 Å². The first-order valence-corrected chi connectivity index (χ1v) is 11.4. The average molecular weight is 450 g/mol. The van der Waals surface area contributed by atoms with Crippen molar-refractivity contribution in [1.29, 1.82) is 0 Å². The molecule has 7 heteroatoms. The Morgan fingerprint density at radius 2 is 1.97 bits per heavy atom. The number of imidazole rings is 1. The molecule has 0 amide bonds. The van der Waals surface area contributed by atoms with E-state index < -0.39 is 0 Å². The Bertz CT molecular complexity index is 1000. The average Bonchev–Trinajstić information content (AvgIpc) is 3.33. The monoisotopic (exact) mass is 449 g/mol. The third-order valence-corrected chi connectivity index (χ3v) is 5.10. The van der Waals surface area contributed by atoms with Crippen molar-refractivity contribution in [1.82, 2.24) is 20.2 Å². The number of aryl methyl sites for hydroxylation is 1. The van der Waals surface area contributed by atoms with E-state index in [2.05, 4.69) is 76.5 Å². The van der Waals surface area contributed by atoms with Crippen LogP contribution in [-0.4, -0.2) is 42.4 Å². The van der Waals surface area contributed by atoms with Crippen molar-refractivity contribution in [3.63, 3.8) is 0 Å². The van der Waals surface area contributed by atoms with Crippen molar-refractivity contribution < 1.29 is 9.47 Å². The van der Waals surface area contributed by atoms with Gasteiger partial charge in [0, 0.05) is 57.7 Å². The maximum atomic E-state index is 6.01. The number of hydrogen-bond acceptors (Lipinski definition) is 4. The molecule has 7 nitrogen and oxygen atoms in total. The molecule has 0 fully saturated rings. The lowest BCUT2D eigenvalue weighted by Gasteiger charge is -2.15. The summed E-state index contributed by atoms with van der Waals surface area (Å²) in [6, 6.07) is 14.8. The van der Waals surface area contributed by atoms with Crippen LogP contribution in [0.3, 0.4) is 0 Å². The minimum atomic E-state index is 0.599. The summed E-state index contributed by atoms with van der Waals surface area (Å²) in [7, 11) is 1.71. The molecule has 0 atom stereocenters. The Hall–Kier alpha value is -3.32. The zero-order chi connectivity index (χ0) is 23.3. The molecule has 33 heavy (non-hydrogen) atoms. The summed E-state index contributed by atoms with van der Waals surface area (Å²) in [5.74, 6) is 1.69. The largest absolute Gasteiger partial charge is 0.493 e. The fourth-order valence-electron chi connectivity index (χ4n) is 3.44. The zero-order valence-corrected chi connectivity index (χ0v) is 19.9. The maximum Gasteiger partial charge on any atom is 0.191 e. The number of rotatable bonds is 12. The number of guanidine groups is 1. The van der Waals surface area contributed by atoms with Gasteiger partial charge in [-0.25, -0.2) is 9.98 Å². The summed E-state index contributed by atoms with van der Waals surface area (Å²) in [6.45, 7) is 8.30. The number of hydrogen-bond donors (Lipinski definition) is 2. The molecule has 3 rings (SSSR count). The molecule has 2 N–H and O–H groups in total. The first kappa shape index (κ1) is 24.3. The molecule has 0 spiro atoms. The van der Waals surface area contributed by atoms with Gasteiger partial charge >= 0.3 is 0 Å². The number of aromatic nitrogens is 2. The van der Waals surface area contributed by atoms with E-state index in [0.29, 0.717) is 26.3 Å². The van der Waals surface area contributed by atoms with Gasteiger partial charge in [-0.15, -0.1) is 0 Å². The van der Waals surface area contributed by atoms with Crippen LogP contribution in [0.4, 0.5) is 0 Å². The second kappa shape index (κ2) is 13.3. The minimum Gasteiger partial charge on any atom is -0.493 e. The van der Waals surface area contributed by atoms with E-state index in [1.165, 1.54) is 16.7 Å². The Balaban J connectivity index is 1.62. The van der Waals surface area contributed by atoms with Crippen LogP contribution in [0.2, 0.25) is 0 Å². The number of nitrogens with zero attached hydrogens (tertiary/aromatic N) is 3. The van der Waals surface area contributed by atoms with E-state index in [0.717, 1.165) is 36.8 Å². The molecule has 2 aromatic carbocycles. The van der Waals surface area contributed by atoms with Crippen LogP contribution in [0.25, 0.3) is 0 Å². The van der Waals surface area contributed by atoms with Gasteiger partial charge in [0.1, 0.15) is 5.75 Å². The van der Waals surface area contributed by atoms with Crippen molar-refractivity contribution in [2.45, 2.75) is 39.9 Å². The molecule has 0 saturated heterocycles. The molecular formula is C26H35N5O2. The topological polar surface area (TPSA) is 72.7 Å². The fourth-order valence-corrected chi connectivity index (χ4v) is 3.44. The van der Waals surface area contributed by atoms with Gasteiger partial charge in [0.15, 0.2) is 5.96 Å². The molecule has 1 aromatic heterocycles. The maximum absolute atomic E-state index is 6.01. The lowest BCUT2D eigenvalue weighted by molar-refractivity contribution is 0.171. The summed E-state index contributed by atoms with van der Waals surface area (Å²) >= 11 is 0. The fraction of sp³-hybridized carbons (Fsp3) is 0.385. The highest BCUT2D eigenvalue weighted by Gasteiger charge is 2.06. The molecule has 0 radical (unpaired) electrons. The van der Waals surface area contributed by atoms with E-state index in [1.54, 1.807) is 13.3 Å². The second-order valence-corrected chi connectivity index (χ2v) is 7.91. The molecule has 0 aliphatic carbocycles. The van der Waals surface area contributed by atoms with Crippen LogP contribution in [0.5, 0.6) is 5.75 Å². The van der Waals surface area contributed by atoms with Crippen molar-refractivity contribution in [2.75, 3.05) is 26.9 Å². The summed E-state index contributed by atoms with van der Waals surface area (Å²) in [4.78, 5) is 8.90. The summed E-state index contributed by atoms with van der Waals surface area (Å²) in [6.07, 6.45) is 6.46. The predicted molar refractivity (Wildman–Crippen MR) is 133 cm³/mol. The van der Waals surface area contributed by atoms with Crippen LogP contribution in [0.1, 0.15) is 35.6 Å². The summed E-state index contributed by atoms with van der Waals surface area (Å²) in [5, 5.41) is 6.78. The van der Waals surface area contributed by atoms with Gasteiger partial charge in [0.25, 0.3) is 0 Å². The van der Waals surface area contributed by atoms with Crippen molar-refractivity contribution in [3.8, 4) is 5.75 Å². The molecular weight excluding hydrogens is 414 g/mol. The molecule has 3 aromatic rings. The number of ether oxygens (including phenoxy) is 2. The highest BCUT2D eigenvalue weighted by atomic mass is 16.5. The van der Waals surface area contributed by atoms with E-state index >= 15 is 0 Å². The van der Waals surface area contributed by atoms with Gasteiger partial charge in [-0.1, -0.05) is 36.4 Å². The molecule has 0 bridgehead atoms. The third kappa shape index (κ3) is 8.27. The van der Waals surface area contributed by atoms with E-state index in [9.17, 15) is 0 Å². The van der Waals surface area contributed by atoms with Crippen molar-refractivity contribution >= 4 is 5.96 Å². The van der Waals surface area contributed by atoms with Crippen LogP contribution in [0, 0.1) is 6.92 Å². The van der Waals surface area contributed by atoms with Gasteiger partial charge in [-0.2, -0.15) is 0 Å².